The lowest BCUT2D eigenvalue weighted by molar-refractivity contribution is -0.120. The first-order valence-electron chi connectivity index (χ1n) is 10.2. The highest BCUT2D eigenvalue weighted by Gasteiger charge is 2.40. The molecule has 1 N–H and O–H groups in total. The van der Waals surface area contributed by atoms with Crippen LogP contribution in [0.15, 0.2) is 96.7 Å². The number of halogens is 1. The number of rotatable bonds is 4. The maximum atomic E-state index is 13.5. The summed E-state index contributed by atoms with van der Waals surface area (Å²) in [6, 6.07) is 28.0. The van der Waals surface area contributed by atoms with Crippen molar-refractivity contribution in [3.63, 3.8) is 0 Å². The molecule has 0 aliphatic carbocycles. The summed E-state index contributed by atoms with van der Waals surface area (Å²) in [6.07, 6.45) is 0. The zero-order valence-electron chi connectivity index (χ0n) is 17.3. The monoisotopic (exact) mass is 438 g/mol. The second-order valence-corrected chi connectivity index (χ2v) is 8.13. The highest BCUT2D eigenvalue weighted by Crippen LogP contribution is 2.35. The first-order valence-corrected chi connectivity index (χ1v) is 10.6. The third-order valence-corrected chi connectivity index (χ3v) is 5.81. The quantitative estimate of drug-likeness (QED) is 0.386. The molecule has 32 heavy (non-hydrogen) atoms. The van der Waals surface area contributed by atoms with E-state index in [1.54, 1.807) is 24.3 Å². The van der Waals surface area contributed by atoms with Gasteiger partial charge in [0.25, 0.3) is 11.8 Å². The van der Waals surface area contributed by atoms with Crippen molar-refractivity contribution in [2.45, 2.75) is 6.92 Å². The van der Waals surface area contributed by atoms with Gasteiger partial charge < -0.3 is 5.32 Å². The molecule has 4 aromatic rings. The predicted octanol–water partition coefficient (Wildman–Crippen LogP) is 6.20. The van der Waals surface area contributed by atoms with Gasteiger partial charge >= 0.3 is 0 Å². The number of benzene rings is 4. The Bertz CT molecular complexity index is 1380. The van der Waals surface area contributed by atoms with Crippen LogP contribution in [-0.2, 0) is 9.59 Å². The Balaban J connectivity index is 1.65. The first kappa shape index (κ1) is 20.0. The molecule has 5 rings (SSSR count). The van der Waals surface area contributed by atoms with Crippen LogP contribution in [0.1, 0.15) is 11.1 Å². The molecule has 0 bridgehead atoms. The lowest BCUT2D eigenvalue weighted by atomic mass is 10.0. The van der Waals surface area contributed by atoms with Gasteiger partial charge in [-0.15, -0.1) is 0 Å². The summed E-state index contributed by atoms with van der Waals surface area (Å²) in [6.45, 7) is 1.98. The van der Waals surface area contributed by atoms with Gasteiger partial charge in [-0.25, -0.2) is 4.90 Å². The fourth-order valence-electron chi connectivity index (χ4n) is 3.93. The smallest absolute Gasteiger partial charge is 0.282 e. The minimum atomic E-state index is -0.402. The fraction of sp³-hybridized carbons (Fsp3) is 0.0370. The zero-order chi connectivity index (χ0) is 22.2. The maximum Gasteiger partial charge on any atom is 0.282 e. The van der Waals surface area contributed by atoms with E-state index in [1.165, 1.54) is 4.90 Å². The van der Waals surface area contributed by atoms with Crippen LogP contribution in [0.4, 0.5) is 11.4 Å². The highest BCUT2D eigenvalue weighted by atomic mass is 35.5. The van der Waals surface area contributed by atoms with E-state index >= 15 is 0 Å². The van der Waals surface area contributed by atoms with Gasteiger partial charge in [0.15, 0.2) is 0 Å². The number of nitrogens with one attached hydrogen (secondary N) is 1. The van der Waals surface area contributed by atoms with Crippen LogP contribution in [0.3, 0.4) is 0 Å². The second kappa shape index (κ2) is 7.98. The van der Waals surface area contributed by atoms with Crippen LogP contribution in [0.2, 0.25) is 5.02 Å². The molecule has 0 spiro atoms. The molecule has 1 aliphatic heterocycles. The number of anilines is 2. The first-order chi connectivity index (χ1) is 15.5. The molecule has 156 valence electrons. The van der Waals surface area contributed by atoms with Crippen molar-refractivity contribution in [2.24, 2.45) is 0 Å². The van der Waals surface area contributed by atoms with E-state index in [0.29, 0.717) is 21.8 Å². The van der Waals surface area contributed by atoms with Gasteiger partial charge in [0, 0.05) is 16.1 Å². The largest absolute Gasteiger partial charge is 0.350 e. The van der Waals surface area contributed by atoms with Crippen LogP contribution in [0.5, 0.6) is 0 Å². The molecule has 4 nitrogen and oxygen atoms in total. The molecule has 0 unspecified atom stereocenters. The number of imide groups is 1. The second-order valence-electron chi connectivity index (χ2n) is 7.69. The summed E-state index contributed by atoms with van der Waals surface area (Å²) < 4.78 is 0. The van der Waals surface area contributed by atoms with E-state index in [1.807, 2.05) is 73.7 Å². The third kappa shape index (κ3) is 3.45. The topological polar surface area (TPSA) is 49.4 Å². The van der Waals surface area contributed by atoms with Gasteiger partial charge in [0.1, 0.15) is 5.70 Å². The molecular formula is C27H19ClN2O2. The lowest BCUT2D eigenvalue weighted by Gasteiger charge is -2.16. The van der Waals surface area contributed by atoms with Gasteiger partial charge in [-0.3, -0.25) is 9.59 Å². The van der Waals surface area contributed by atoms with Crippen molar-refractivity contribution in [1.82, 2.24) is 0 Å². The van der Waals surface area contributed by atoms with Crippen molar-refractivity contribution in [2.75, 3.05) is 10.2 Å². The average molecular weight is 439 g/mol. The van der Waals surface area contributed by atoms with E-state index in [0.717, 1.165) is 22.0 Å². The molecule has 5 heteroatoms. The Morgan fingerprint density at radius 1 is 0.750 bits per heavy atom. The minimum Gasteiger partial charge on any atom is -0.350 e. The van der Waals surface area contributed by atoms with Crippen LogP contribution in [0.25, 0.3) is 16.3 Å². The van der Waals surface area contributed by atoms with E-state index in [2.05, 4.69) is 5.32 Å². The van der Waals surface area contributed by atoms with Crippen LogP contribution < -0.4 is 10.2 Å². The number of hydrogen-bond donors (Lipinski definition) is 1. The Morgan fingerprint density at radius 2 is 1.44 bits per heavy atom. The molecule has 0 saturated heterocycles. The zero-order valence-corrected chi connectivity index (χ0v) is 18.1. The Kier molecular flexibility index (Phi) is 5.00. The van der Waals surface area contributed by atoms with Crippen molar-refractivity contribution < 1.29 is 9.59 Å². The third-order valence-electron chi connectivity index (χ3n) is 5.56. The molecule has 2 amide bonds. The molecule has 0 radical (unpaired) electrons. The van der Waals surface area contributed by atoms with Gasteiger partial charge in [0.05, 0.1) is 11.3 Å². The predicted molar refractivity (Wildman–Crippen MR) is 130 cm³/mol. The summed E-state index contributed by atoms with van der Waals surface area (Å²) in [5.41, 5.74) is 3.60. The normalized spacial score (nSPS) is 13.9. The van der Waals surface area contributed by atoms with Crippen molar-refractivity contribution in [1.29, 1.82) is 0 Å². The molecule has 4 aromatic carbocycles. The molecule has 0 atom stereocenters. The van der Waals surface area contributed by atoms with Gasteiger partial charge in [-0.1, -0.05) is 77.8 Å². The van der Waals surface area contributed by atoms with Gasteiger partial charge in [-0.2, -0.15) is 0 Å². The van der Waals surface area contributed by atoms with Gasteiger partial charge in [0.2, 0.25) is 0 Å². The minimum absolute atomic E-state index is 0.255. The summed E-state index contributed by atoms with van der Waals surface area (Å²) in [5.74, 6) is -0.773. The molecule has 0 fully saturated rings. The van der Waals surface area contributed by atoms with E-state index < -0.39 is 5.91 Å². The summed E-state index contributed by atoms with van der Waals surface area (Å²) in [4.78, 5) is 28.3. The number of carbonyl (C=O) groups excluding carboxylic acids is 2. The summed E-state index contributed by atoms with van der Waals surface area (Å²) >= 11 is 6.01. The number of aryl methyl sites for hydroxylation is 1. The maximum absolute atomic E-state index is 13.5. The van der Waals surface area contributed by atoms with Crippen LogP contribution >= 0.6 is 11.6 Å². The number of fused-ring (bicyclic) bond motifs is 1. The average Bonchev–Trinajstić information content (AvgIpc) is 3.05. The van der Waals surface area contributed by atoms with Crippen LogP contribution in [0, 0.1) is 6.92 Å². The van der Waals surface area contributed by atoms with E-state index in [-0.39, 0.29) is 11.6 Å². The van der Waals surface area contributed by atoms with E-state index in [9.17, 15) is 9.59 Å². The van der Waals surface area contributed by atoms with Crippen molar-refractivity contribution >= 4 is 51.1 Å². The van der Waals surface area contributed by atoms with Crippen molar-refractivity contribution in [3.8, 4) is 0 Å². The fourth-order valence-corrected chi connectivity index (χ4v) is 4.05. The van der Waals surface area contributed by atoms with E-state index in [4.69, 9.17) is 11.6 Å². The Labute approximate surface area is 190 Å². The molecular weight excluding hydrogens is 420 g/mol. The Hall–Kier alpha value is -3.89. The molecule has 0 saturated carbocycles. The summed E-state index contributed by atoms with van der Waals surface area (Å²) in [7, 11) is 0. The van der Waals surface area contributed by atoms with Crippen molar-refractivity contribution in [3.05, 3.63) is 113 Å². The number of hydrogen-bond acceptors (Lipinski definition) is 3. The number of carbonyl (C=O) groups is 2. The molecule has 1 aliphatic rings. The van der Waals surface area contributed by atoms with Gasteiger partial charge in [-0.05, 0) is 48.2 Å². The van der Waals surface area contributed by atoms with Crippen LogP contribution in [-0.4, -0.2) is 11.8 Å². The molecule has 0 aromatic heterocycles. The highest BCUT2D eigenvalue weighted by molar-refractivity contribution is 6.46. The summed E-state index contributed by atoms with van der Waals surface area (Å²) in [5, 5.41) is 5.83. The number of nitrogens with zero attached hydrogens (tertiary/aromatic N) is 1. The standard InChI is InChI=1S/C27H19ClN2O2/c1-17-9-11-19(12-10-17)24-25(29-23-8-4-6-18-5-2-3-7-22(18)23)27(32)30(26(24)31)21-15-13-20(28)14-16-21/h2-16,29H,1H3. The Morgan fingerprint density at radius 3 is 2.19 bits per heavy atom. The lowest BCUT2D eigenvalue weighted by Crippen LogP contribution is -2.32. The molecule has 1 heterocycles. The number of amides is 2. The SMILES string of the molecule is Cc1ccc(C2=C(Nc3cccc4ccccc34)C(=O)N(c3ccc(Cl)cc3)C2=O)cc1.